The number of hydrogen-bond acceptors (Lipinski definition) is 6. The largest absolute Gasteiger partial charge is 0.478 e. The first kappa shape index (κ1) is 14.9. The van der Waals surface area contributed by atoms with Crippen LogP contribution in [0.4, 0.5) is 5.95 Å². The van der Waals surface area contributed by atoms with Crippen LogP contribution >= 0.6 is 0 Å². The van der Waals surface area contributed by atoms with Gasteiger partial charge in [-0.3, -0.25) is 0 Å². The second-order valence-electron chi connectivity index (χ2n) is 4.27. The average Bonchev–Trinajstić information content (AvgIpc) is 2.37. The molecule has 0 aliphatic carbocycles. The summed E-state index contributed by atoms with van der Waals surface area (Å²) in [5, 5.41) is 8.44. The van der Waals surface area contributed by atoms with Crippen LogP contribution in [0.25, 0.3) is 0 Å². The lowest BCUT2D eigenvalue weighted by Crippen LogP contribution is -2.17. The Hall–Kier alpha value is -2.55. The summed E-state index contributed by atoms with van der Waals surface area (Å²) in [4.78, 5) is 22.3. The Balaban J connectivity index is 2.31. The molecule has 2 heterocycles. The molecule has 2 rings (SSSR count). The third-order valence-electron chi connectivity index (χ3n) is 2.47. The molecule has 0 aromatic carbocycles. The summed E-state index contributed by atoms with van der Waals surface area (Å²) in [5.41, 5.74) is 1.14. The topological polar surface area (TPSA) is 122 Å². The summed E-state index contributed by atoms with van der Waals surface area (Å²) >= 11 is 0. The SMILES string of the molecule is Cc1cc(C)nc(NS(=O)(=O)c2ccc(C(=O)O)cn2)n1. The molecule has 8 nitrogen and oxygen atoms in total. The Morgan fingerprint density at radius 1 is 1.19 bits per heavy atom. The van der Waals surface area contributed by atoms with E-state index in [9.17, 15) is 13.2 Å². The van der Waals surface area contributed by atoms with Gasteiger partial charge in [0.15, 0.2) is 5.03 Å². The fourth-order valence-electron chi connectivity index (χ4n) is 1.61. The highest BCUT2D eigenvalue weighted by Gasteiger charge is 2.18. The molecule has 110 valence electrons. The van der Waals surface area contributed by atoms with E-state index in [1.807, 2.05) is 0 Å². The minimum absolute atomic E-state index is 0.0587. The van der Waals surface area contributed by atoms with Crippen molar-refractivity contribution in [3.8, 4) is 0 Å². The molecule has 0 saturated heterocycles. The number of nitrogens with zero attached hydrogens (tertiary/aromatic N) is 3. The summed E-state index contributed by atoms with van der Waals surface area (Å²) < 4.78 is 26.4. The first-order valence-corrected chi connectivity index (χ1v) is 7.31. The maximum absolute atomic E-state index is 12.1. The number of pyridine rings is 1. The monoisotopic (exact) mass is 308 g/mol. The lowest BCUT2D eigenvalue weighted by Gasteiger charge is -2.07. The number of carbonyl (C=O) groups is 1. The van der Waals surface area contributed by atoms with E-state index < -0.39 is 16.0 Å². The molecule has 21 heavy (non-hydrogen) atoms. The van der Waals surface area contributed by atoms with Crippen molar-refractivity contribution < 1.29 is 18.3 Å². The van der Waals surface area contributed by atoms with E-state index in [-0.39, 0.29) is 16.5 Å². The van der Waals surface area contributed by atoms with Crippen molar-refractivity contribution in [3.63, 3.8) is 0 Å². The Morgan fingerprint density at radius 3 is 2.29 bits per heavy atom. The van der Waals surface area contributed by atoms with Crippen molar-refractivity contribution in [2.75, 3.05) is 4.72 Å². The van der Waals surface area contributed by atoms with Crippen molar-refractivity contribution in [2.45, 2.75) is 18.9 Å². The van der Waals surface area contributed by atoms with Gasteiger partial charge in [0, 0.05) is 17.6 Å². The van der Waals surface area contributed by atoms with Gasteiger partial charge in [-0.1, -0.05) is 0 Å². The minimum atomic E-state index is -3.97. The van der Waals surface area contributed by atoms with Crippen molar-refractivity contribution in [1.29, 1.82) is 0 Å². The Kier molecular flexibility index (Phi) is 3.85. The molecule has 0 radical (unpaired) electrons. The molecule has 0 amide bonds. The van der Waals surface area contributed by atoms with Gasteiger partial charge in [0.05, 0.1) is 5.56 Å². The lowest BCUT2D eigenvalue weighted by molar-refractivity contribution is 0.0696. The van der Waals surface area contributed by atoms with E-state index in [0.717, 1.165) is 18.3 Å². The summed E-state index contributed by atoms with van der Waals surface area (Å²) in [6.07, 6.45) is 0.971. The van der Waals surface area contributed by atoms with Crippen LogP contribution < -0.4 is 4.72 Å². The van der Waals surface area contributed by atoms with Crippen LogP contribution in [0.1, 0.15) is 21.7 Å². The van der Waals surface area contributed by atoms with E-state index in [2.05, 4.69) is 19.7 Å². The summed E-state index contributed by atoms with van der Waals surface area (Å²) in [7, 11) is -3.97. The van der Waals surface area contributed by atoms with E-state index in [1.165, 1.54) is 0 Å². The van der Waals surface area contributed by atoms with Crippen LogP contribution in [0.2, 0.25) is 0 Å². The van der Waals surface area contributed by atoms with Crippen molar-refractivity contribution >= 4 is 21.9 Å². The van der Waals surface area contributed by atoms with Gasteiger partial charge < -0.3 is 5.11 Å². The standard InChI is InChI=1S/C12H12N4O4S/c1-7-5-8(2)15-12(14-7)16-21(19,20)10-4-3-9(6-13-10)11(17)18/h3-6H,1-2H3,(H,17,18)(H,14,15,16). The molecule has 0 bridgehead atoms. The summed E-state index contributed by atoms with van der Waals surface area (Å²) in [5.74, 6) is -1.24. The van der Waals surface area contributed by atoms with Gasteiger partial charge >= 0.3 is 5.97 Å². The van der Waals surface area contributed by atoms with E-state index >= 15 is 0 Å². The zero-order chi connectivity index (χ0) is 15.6. The molecule has 0 spiro atoms. The van der Waals surface area contributed by atoms with Crippen LogP contribution in [-0.2, 0) is 10.0 Å². The van der Waals surface area contributed by atoms with Crippen LogP contribution in [0.5, 0.6) is 0 Å². The van der Waals surface area contributed by atoms with Crippen LogP contribution in [0.15, 0.2) is 29.4 Å². The number of aryl methyl sites for hydroxylation is 2. The molecule has 0 unspecified atom stereocenters. The van der Waals surface area contributed by atoms with Crippen LogP contribution in [0.3, 0.4) is 0 Å². The van der Waals surface area contributed by atoms with Gasteiger partial charge in [-0.25, -0.2) is 24.5 Å². The van der Waals surface area contributed by atoms with Gasteiger partial charge in [0.25, 0.3) is 10.0 Å². The van der Waals surface area contributed by atoms with Crippen LogP contribution in [-0.4, -0.2) is 34.4 Å². The number of aromatic nitrogens is 3. The van der Waals surface area contributed by atoms with Gasteiger partial charge in [0.1, 0.15) is 0 Å². The van der Waals surface area contributed by atoms with Crippen molar-refractivity contribution in [3.05, 3.63) is 41.3 Å². The highest BCUT2D eigenvalue weighted by Crippen LogP contribution is 2.12. The highest BCUT2D eigenvalue weighted by atomic mass is 32.2. The molecule has 2 aromatic heterocycles. The van der Waals surface area contributed by atoms with Gasteiger partial charge in [-0.05, 0) is 32.0 Å². The molecule has 0 saturated carbocycles. The second-order valence-corrected chi connectivity index (χ2v) is 5.90. The summed E-state index contributed by atoms with van der Waals surface area (Å²) in [6.45, 7) is 3.43. The maximum Gasteiger partial charge on any atom is 0.337 e. The Morgan fingerprint density at radius 2 is 1.81 bits per heavy atom. The number of aromatic carboxylic acids is 1. The Labute approximate surface area is 121 Å². The maximum atomic E-state index is 12.1. The Bertz CT molecular complexity index is 767. The molecule has 2 N–H and O–H groups in total. The highest BCUT2D eigenvalue weighted by molar-refractivity contribution is 7.92. The van der Waals surface area contributed by atoms with E-state index in [0.29, 0.717) is 11.4 Å². The smallest absolute Gasteiger partial charge is 0.337 e. The molecule has 0 fully saturated rings. The number of sulfonamides is 1. The quantitative estimate of drug-likeness (QED) is 0.863. The number of hydrogen-bond donors (Lipinski definition) is 2. The molecule has 9 heteroatoms. The number of carboxylic acids is 1. The van der Waals surface area contributed by atoms with E-state index in [1.54, 1.807) is 19.9 Å². The van der Waals surface area contributed by atoms with Crippen LogP contribution in [0, 0.1) is 13.8 Å². The second kappa shape index (κ2) is 5.44. The van der Waals surface area contributed by atoms with Crippen molar-refractivity contribution in [1.82, 2.24) is 15.0 Å². The van der Waals surface area contributed by atoms with Gasteiger partial charge in [-0.2, -0.15) is 8.42 Å². The molecule has 0 atom stereocenters. The third kappa shape index (κ3) is 3.51. The van der Waals surface area contributed by atoms with Gasteiger partial charge in [-0.15, -0.1) is 0 Å². The first-order chi connectivity index (χ1) is 9.78. The molecule has 0 aliphatic heterocycles. The molecular weight excluding hydrogens is 296 g/mol. The fraction of sp³-hybridized carbons (Fsp3) is 0.167. The third-order valence-corrected chi connectivity index (χ3v) is 3.71. The molecule has 0 aliphatic rings. The first-order valence-electron chi connectivity index (χ1n) is 5.82. The number of carboxylic acid groups (broad SMARTS) is 1. The normalized spacial score (nSPS) is 11.1. The average molecular weight is 308 g/mol. The molecule has 2 aromatic rings. The predicted molar refractivity (Wildman–Crippen MR) is 73.5 cm³/mol. The number of anilines is 1. The zero-order valence-electron chi connectivity index (χ0n) is 11.2. The molecular formula is C12H12N4O4S. The van der Waals surface area contributed by atoms with E-state index in [4.69, 9.17) is 5.11 Å². The number of rotatable bonds is 4. The predicted octanol–water partition coefficient (Wildman–Crippen LogP) is 0.987. The minimum Gasteiger partial charge on any atom is -0.478 e. The van der Waals surface area contributed by atoms with Gasteiger partial charge in [0.2, 0.25) is 5.95 Å². The zero-order valence-corrected chi connectivity index (χ0v) is 12.0. The lowest BCUT2D eigenvalue weighted by atomic mass is 10.3. The number of nitrogens with one attached hydrogen (secondary N) is 1. The summed E-state index contributed by atoms with van der Waals surface area (Å²) in [6, 6.07) is 3.97. The van der Waals surface area contributed by atoms with Crippen molar-refractivity contribution in [2.24, 2.45) is 0 Å². The fourth-order valence-corrected chi connectivity index (χ4v) is 2.48.